The van der Waals surface area contributed by atoms with Crippen molar-refractivity contribution < 1.29 is 34.4 Å². The second-order valence-electron chi connectivity index (χ2n) is 0. The van der Waals surface area contributed by atoms with Crippen molar-refractivity contribution in [2.75, 3.05) is 0 Å². The first-order valence-electron chi connectivity index (χ1n) is 0. The Labute approximate surface area is 60.0 Å². The van der Waals surface area contributed by atoms with Crippen LogP contribution >= 0.6 is 0 Å². The average Bonchev–Trinajstić information content (AvgIpc) is 0. The first-order valence-corrected chi connectivity index (χ1v) is 0. The van der Waals surface area contributed by atoms with Crippen LogP contribution < -0.4 is 0 Å². The normalized spacial score (nSPS) is 0. The average molecular weight is 149 g/mol. The minimum absolute atomic E-state index is 0. The zero-order valence-corrected chi connectivity index (χ0v) is 3.72. The molecule has 0 aliphatic carbocycles. The molecule has 0 aromatic carbocycles. The molecule has 0 bridgehead atoms. The topological polar surface area (TPSA) is 0 Å². The molecule has 0 saturated carbocycles. The Bertz CT molecular complexity index is 8.00. The molecule has 0 aliphatic rings. The molecule has 4 heteroatoms. The Kier molecular flexibility index (Phi) is 255. The van der Waals surface area contributed by atoms with Crippen LogP contribution in [0.25, 0.3) is 0 Å². The molecule has 0 amide bonds. The summed E-state index contributed by atoms with van der Waals surface area (Å²) in [6.45, 7) is 0. The van der Waals surface area contributed by atoms with E-state index in [1.165, 1.54) is 0 Å². The third-order valence-electron chi connectivity index (χ3n) is 0. The second kappa shape index (κ2) is 22.8. The van der Waals surface area contributed by atoms with Gasteiger partial charge in [-0.3, -0.25) is 0 Å². The van der Waals surface area contributed by atoms with Crippen LogP contribution in [0.1, 0.15) is 0 Å². The Morgan fingerprint density at radius 1 is 1.00 bits per heavy atom. The fourth-order valence-corrected chi connectivity index (χ4v) is 0. The standard InChI is InChI=1S/Al.B.Cr.Fe.3H. The molecule has 4 heavy (non-hydrogen) atoms. The van der Waals surface area contributed by atoms with Gasteiger partial charge in [-0.15, -0.1) is 0 Å². The Balaban J connectivity index is 0. The van der Waals surface area contributed by atoms with Gasteiger partial charge in [0.2, 0.25) is 0 Å². The summed E-state index contributed by atoms with van der Waals surface area (Å²) < 4.78 is 0. The van der Waals surface area contributed by atoms with Crippen molar-refractivity contribution in [2.24, 2.45) is 0 Å². The van der Waals surface area contributed by atoms with Gasteiger partial charge in [0.15, 0.2) is 17.4 Å². The van der Waals surface area contributed by atoms with Crippen molar-refractivity contribution in [3.05, 3.63) is 0 Å². The molecule has 3 radical (unpaired) electrons. The zero-order chi connectivity index (χ0) is 0. The summed E-state index contributed by atoms with van der Waals surface area (Å²) in [7, 11) is 0. The smallest absolute Gasteiger partial charge is 0 e. The molecular weight excluding hydrogens is 146 g/mol. The van der Waals surface area contributed by atoms with E-state index in [4.69, 9.17) is 0 Å². The van der Waals surface area contributed by atoms with Gasteiger partial charge in [-0.25, -0.2) is 0 Å². The minimum Gasteiger partial charge on any atom is 0 e. The van der Waals surface area contributed by atoms with E-state index in [0.29, 0.717) is 0 Å². The zero-order valence-electron chi connectivity index (χ0n) is 1.34. The molecule has 0 saturated heterocycles. The first-order chi connectivity index (χ1) is 0. The van der Waals surface area contributed by atoms with Gasteiger partial charge in [0, 0.05) is 42.8 Å². The van der Waals surface area contributed by atoms with E-state index in [1.54, 1.807) is 0 Å². The molecular formula is H3AlBCrFe. The quantitative estimate of drug-likeness (QED) is 0.365. The van der Waals surface area contributed by atoms with Crippen molar-refractivity contribution in [1.29, 1.82) is 0 Å². The summed E-state index contributed by atoms with van der Waals surface area (Å²) in [5, 5.41) is 0. The van der Waals surface area contributed by atoms with Gasteiger partial charge in [0.1, 0.15) is 0 Å². The van der Waals surface area contributed by atoms with E-state index >= 15 is 0 Å². The summed E-state index contributed by atoms with van der Waals surface area (Å²) in [6.07, 6.45) is 0. The van der Waals surface area contributed by atoms with Crippen LogP contribution in [0.15, 0.2) is 0 Å². The van der Waals surface area contributed by atoms with Gasteiger partial charge in [0.05, 0.1) is 0 Å². The summed E-state index contributed by atoms with van der Waals surface area (Å²) in [4.78, 5) is 0. The summed E-state index contributed by atoms with van der Waals surface area (Å²) in [6, 6.07) is 0. The van der Waals surface area contributed by atoms with Gasteiger partial charge in [-0.2, -0.15) is 0 Å². The van der Waals surface area contributed by atoms with Crippen molar-refractivity contribution in [2.45, 2.75) is 0 Å². The molecule has 0 atom stereocenters. The monoisotopic (exact) mass is 149 g/mol. The fraction of sp³-hybridized carbons (Fsp3) is 0. The van der Waals surface area contributed by atoms with Gasteiger partial charge >= 0.3 is 0 Å². The minimum atomic E-state index is 0. The molecule has 0 nitrogen and oxygen atoms in total. The SMILES string of the molecule is [AlH3].[B].[Cr].[Fe]. The Morgan fingerprint density at radius 2 is 1.00 bits per heavy atom. The third-order valence-corrected chi connectivity index (χ3v) is 0. The Hall–Kier alpha value is 1.65. The van der Waals surface area contributed by atoms with E-state index in [1.807, 2.05) is 0 Å². The predicted octanol–water partition coefficient (Wildman–Crippen LogP) is -1.57. The third kappa shape index (κ3) is 9.42. The van der Waals surface area contributed by atoms with Crippen molar-refractivity contribution >= 4 is 25.8 Å². The maximum absolute atomic E-state index is 0. The van der Waals surface area contributed by atoms with Gasteiger partial charge < -0.3 is 0 Å². The molecule has 0 unspecified atom stereocenters. The van der Waals surface area contributed by atoms with Gasteiger partial charge in [-0.1, -0.05) is 0 Å². The van der Waals surface area contributed by atoms with Crippen LogP contribution in [0.2, 0.25) is 0 Å². The molecule has 23 valence electrons. The van der Waals surface area contributed by atoms with E-state index in [2.05, 4.69) is 0 Å². The molecule has 0 N–H and O–H groups in total. The summed E-state index contributed by atoms with van der Waals surface area (Å²) in [5.74, 6) is 0. The number of rotatable bonds is 0. The summed E-state index contributed by atoms with van der Waals surface area (Å²) in [5.41, 5.74) is 0. The second-order valence-corrected chi connectivity index (χ2v) is 0. The predicted molar refractivity (Wildman–Crippen MR) is 15.7 cm³/mol. The Morgan fingerprint density at radius 3 is 1.00 bits per heavy atom. The van der Waals surface area contributed by atoms with E-state index in [9.17, 15) is 0 Å². The van der Waals surface area contributed by atoms with E-state index < -0.39 is 0 Å². The molecule has 0 spiro atoms. The number of hydrogen-bond acceptors (Lipinski definition) is 0. The largest absolute Gasteiger partial charge is 0.187 e. The van der Waals surface area contributed by atoms with Crippen LogP contribution in [-0.2, 0) is 34.4 Å². The maximum Gasteiger partial charge on any atom is 0.187 e. The molecule has 0 rings (SSSR count). The molecule has 0 heterocycles. The van der Waals surface area contributed by atoms with Crippen LogP contribution in [0.3, 0.4) is 0 Å². The molecule has 0 aliphatic heterocycles. The van der Waals surface area contributed by atoms with E-state index in [-0.39, 0.29) is 60.2 Å². The number of hydrogen-bond donors (Lipinski definition) is 0. The molecule has 0 fully saturated rings. The first kappa shape index (κ1) is 44.9. The van der Waals surface area contributed by atoms with Crippen LogP contribution in [-0.4, -0.2) is 25.8 Å². The van der Waals surface area contributed by atoms with Crippen LogP contribution in [0.5, 0.6) is 0 Å². The van der Waals surface area contributed by atoms with Crippen molar-refractivity contribution in [3.63, 3.8) is 0 Å². The van der Waals surface area contributed by atoms with E-state index in [0.717, 1.165) is 0 Å². The van der Waals surface area contributed by atoms with Gasteiger partial charge in [-0.05, 0) is 0 Å². The van der Waals surface area contributed by atoms with Gasteiger partial charge in [0.25, 0.3) is 0 Å². The van der Waals surface area contributed by atoms with Crippen LogP contribution in [0, 0.1) is 0 Å². The molecule has 0 aromatic rings. The maximum atomic E-state index is 0. The summed E-state index contributed by atoms with van der Waals surface area (Å²) >= 11 is 0. The van der Waals surface area contributed by atoms with Crippen LogP contribution in [0.4, 0.5) is 0 Å². The fourth-order valence-electron chi connectivity index (χ4n) is 0. The molecule has 0 aromatic heterocycles. The van der Waals surface area contributed by atoms with Crippen molar-refractivity contribution in [3.8, 4) is 0 Å². The van der Waals surface area contributed by atoms with Crippen molar-refractivity contribution in [1.82, 2.24) is 0 Å².